The van der Waals surface area contributed by atoms with Gasteiger partial charge in [-0.2, -0.15) is 5.10 Å². The van der Waals surface area contributed by atoms with Crippen LogP contribution in [0.15, 0.2) is 4.47 Å². The highest BCUT2D eigenvalue weighted by atomic mass is 79.9. The summed E-state index contributed by atoms with van der Waals surface area (Å²) < 4.78 is 3.54. The first-order valence-corrected chi connectivity index (χ1v) is 9.53. The third kappa shape index (κ3) is 3.01. The first-order chi connectivity index (χ1) is 10.2. The van der Waals surface area contributed by atoms with E-state index in [1.807, 2.05) is 0 Å². The molecule has 2 atom stereocenters. The molecule has 21 heavy (non-hydrogen) atoms. The van der Waals surface area contributed by atoms with Gasteiger partial charge >= 0.3 is 0 Å². The molecule has 1 fully saturated rings. The van der Waals surface area contributed by atoms with Crippen LogP contribution in [0, 0.1) is 5.92 Å². The van der Waals surface area contributed by atoms with E-state index in [9.17, 15) is 0 Å². The Kier molecular flexibility index (Phi) is 4.92. The van der Waals surface area contributed by atoms with Gasteiger partial charge in [0.05, 0.1) is 16.2 Å². The average Bonchev–Trinajstić information content (AvgIpc) is 2.86. The Hall–Kier alpha value is -0.510. The lowest BCUT2D eigenvalue weighted by Gasteiger charge is -2.34. The molecule has 1 aromatic heterocycles. The van der Waals surface area contributed by atoms with Gasteiger partial charge in [0.25, 0.3) is 0 Å². The second kappa shape index (κ2) is 6.72. The lowest BCUT2D eigenvalue weighted by molar-refractivity contribution is 0.221. The Morgan fingerprint density at radius 2 is 2.05 bits per heavy atom. The highest BCUT2D eigenvalue weighted by molar-refractivity contribution is 9.10. The minimum Gasteiger partial charge on any atom is -0.369 e. The van der Waals surface area contributed by atoms with Crippen LogP contribution in [0.5, 0.6) is 0 Å². The van der Waals surface area contributed by atoms with Gasteiger partial charge in [-0.1, -0.05) is 39.5 Å². The fraction of sp³-hybridized carbons (Fsp3) is 0.824. The molecular weight excluding hydrogens is 326 g/mol. The van der Waals surface area contributed by atoms with Crippen molar-refractivity contribution in [3.63, 3.8) is 0 Å². The first kappa shape index (κ1) is 15.4. The van der Waals surface area contributed by atoms with Gasteiger partial charge in [-0.15, -0.1) is 0 Å². The van der Waals surface area contributed by atoms with E-state index in [0.29, 0.717) is 12.0 Å². The van der Waals surface area contributed by atoms with Crippen molar-refractivity contribution in [3.05, 3.63) is 10.2 Å². The lowest BCUT2D eigenvalue weighted by atomic mass is 9.82. The first-order valence-electron chi connectivity index (χ1n) is 8.74. The summed E-state index contributed by atoms with van der Waals surface area (Å²) in [5, 5.41) is 8.60. The highest BCUT2D eigenvalue weighted by Gasteiger charge is 2.32. The number of hydrogen-bond acceptors (Lipinski definition) is 2. The number of halogens is 1. The summed E-state index contributed by atoms with van der Waals surface area (Å²) >= 11 is 3.81. The molecule has 1 aliphatic carbocycles. The van der Waals surface area contributed by atoms with E-state index < -0.39 is 0 Å². The molecule has 2 aliphatic rings. The molecule has 3 nitrogen and oxygen atoms in total. The summed E-state index contributed by atoms with van der Waals surface area (Å²) in [6.07, 6.45) is 10.7. The van der Waals surface area contributed by atoms with E-state index in [1.165, 1.54) is 67.4 Å². The van der Waals surface area contributed by atoms with E-state index in [4.69, 9.17) is 5.10 Å². The van der Waals surface area contributed by atoms with Crippen LogP contribution in [0.2, 0.25) is 0 Å². The zero-order valence-corrected chi connectivity index (χ0v) is 15.0. The summed E-state index contributed by atoms with van der Waals surface area (Å²) in [7, 11) is 0. The average molecular weight is 354 g/mol. The van der Waals surface area contributed by atoms with Crippen LogP contribution in [0.3, 0.4) is 0 Å². The summed E-state index contributed by atoms with van der Waals surface area (Å²) in [6.45, 7) is 5.65. The van der Waals surface area contributed by atoms with Gasteiger partial charge in [0.15, 0.2) is 0 Å². The van der Waals surface area contributed by atoms with Gasteiger partial charge in [-0.3, -0.25) is 0 Å². The van der Waals surface area contributed by atoms with Gasteiger partial charge < -0.3 is 5.32 Å². The largest absolute Gasteiger partial charge is 0.369 e. The highest BCUT2D eigenvalue weighted by Crippen LogP contribution is 2.42. The Balaban J connectivity index is 1.88. The van der Waals surface area contributed by atoms with Crippen LogP contribution in [-0.4, -0.2) is 16.3 Å². The molecule has 1 saturated carbocycles. The zero-order chi connectivity index (χ0) is 14.8. The third-order valence-corrected chi connectivity index (χ3v) is 6.09. The van der Waals surface area contributed by atoms with Crippen LogP contribution in [0.25, 0.3) is 0 Å². The Bertz CT molecular complexity index is 477. The van der Waals surface area contributed by atoms with Crippen LogP contribution >= 0.6 is 15.9 Å². The fourth-order valence-corrected chi connectivity index (χ4v) is 4.92. The predicted molar refractivity (Wildman–Crippen MR) is 92.0 cm³/mol. The van der Waals surface area contributed by atoms with Crippen molar-refractivity contribution >= 4 is 21.7 Å². The Labute approximate surface area is 137 Å². The number of fused-ring (bicyclic) bond motifs is 1. The van der Waals surface area contributed by atoms with Crippen molar-refractivity contribution in [2.75, 3.05) is 11.9 Å². The summed E-state index contributed by atoms with van der Waals surface area (Å²) in [4.78, 5) is 0. The van der Waals surface area contributed by atoms with Crippen LogP contribution in [-0.2, 0) is 0 Å². The fourth-order valence-electron chi connectivity index (χ4n) is 4.13. The van der Waals surface area contributed by atoms with E-state index in [-0.39, 0.29) is 0 Å². The summed E-state index contributed by atoms with van der Waals surface area (Å²) in [6, 6.07) is 0.612. The topological polar surface area (TPSA) is 29.9 Å². The molecule has 0 aromatic carbocycles. The van der Waals surface area contributed by atoms with Crippen molar-refractivity contribution in [1.29, 1.82) is 0 Å². The number of anilines is 1. The molecule has 0 amide bonds. The normalized spacial score (nSPS) is 24.4. The second-order valence-corrected chi connectivity index (χ2v) is 7.66. The van der Waals surface area contributed by atoms with Crippen molar-refractivity contribution in [2.24, 2.45) is 5.92 Å². The molecular formula is C17H28BrN3. The molecule has 4 heteroatoms. The van der Waals surface area contributed by atoms with Crippen LogP contribution < -0.4 is 5.32 Å². The quantitative estimate of drug-likeness (QED) is 0.775. The smallest absolute Gasteiger partial charge is 0.139 e. The van der Waals surface area contributed by atoms with Crippen LogP contribution in [0.4, 0.5) is 5.82 Å². The van der Waals surface area contributed by atoms with Crippen LogP contribution in [0.1, 0.15) is 82.9 Å². The van der Waals surface area contributed by atoms with E-state index in [1.54, 1.807) is 0 Å². The molecule has 2 heterocycles. The number of hydrogen-bond donors (Lipinski definition) is 1. The maximum Gasteiger partial charge on any atom is 0.139 e. The molecule has 1 N–H and O–H groups in total. The van der Waals surface area contributed by atoms with Crippen molar-refractivity contribution < 1.29 is 0 Å². The van der Waals surface area contributed by atoms with Gasteiger partial charge in [0, 0.05) is 12.5 Å². The maximum atomic E-state index is 5.03. The van der Waals surface area contributed by atoms with Crippen molar-refractivity contribution in [1.82, 2.24) is 9.78 Å². The minimum absolute atomic E-state index is 0.538. The SMILES string of the molecule is CCCC(C)c1nn2c(c1Br)NCCC2C1CCCCC1. The maximum absolute atomic E-state index is 5.03. The number of aromatic nitrogens is 2. The molecule has 2 unspecified atom stereocenters. The van der Waals surface area contributed by atoms with Gasteiger partial charge in [-0.25, -0.2) is 4.68 Å². The standard InChI is InChI=1S/C17H28BrN3/c1-3-7-12(2)16-15(18)17-19-11-10-14(21(17)20-16)13-8-5-4-6-9-13/h12-14,19H,3-11H2,1-2H3. The summed E-state index contributed by atoms with van der Waals surface area (Å²) in [5.74, 6) is 2.60. The molecule has 1 aromatic rings. The van der Waals surface area contributed by atoms with Gasteiger partial charge in [-0.05, 0) is 47.5 Å². The Morgan fingerprint density at radius 3 is 2.76 bits per heavy atom. The molecule has 0 radical (unpaired) electrons. The zero-order valence-electron chi connectivity index (χ0n) is 13.4. The van der Waals surface area contributed by atoms with Gasteiger partial charge in [0.1, 0.15) is 5.82 Å². The third-order valence-electron chi connectivity index (χ3n) is 5.31. The number of nitrogens with zero attached hydrogens (tertiary/aromatic N) is 2. The molecule has 118 valence electrons. The van der Waals surface area contributed by atoms with Gasteiger partial charge in [0.2, 0.25) is 0 Å². The lowest BCUT2D eigenvalue weighted by Crippen LogP contribution is -2.30. The van der Waals surface area contributed by atoms with Crippen molar-refractivity contribution in [3.8, 4) is 0 Å². The van der Waals surface area contributed by atoms with Crippen molar-refractivity contribution in [2.45, 2.75) is 77.2 Å². The Morgan fingerprint density at radius 1 is 1.29 bits per heavy atom. The summed E-state index contributed by atoms with van der Waals surface area (Å²) in [5.41, 5.74) is 1.25. The molecule has 3 rings (SSSR count). The monoisotopic (exact) mass is 353 g/mol. The number of nitrogens with one attached hydrogen (secondary N) is 1. The van der Waals surface area contributed by atoms with E-state index >= 15 is 0 Å². The molecule has 0 spiro atoms. The second-order valence-electron chi connectivity index (χ2n) is 6.86. The molecule has 1 aliphatic heterocycles. The number of rotatable bonds is 4. The molecule has 0 saturated heterocycles. The predicted octanol–water partition coefficient (Wildman–Crippen LogP) is 5.49. The van der Waals surface area contributed by atoms with E-state index in [0.717, 1.165) is 12.5 Å². The van der Waals surface area contributed by atoms with E-state index in [2.05, 4.69) is 39.8 Å². The minimum atomic E-state index is 0.538. The molecule has 0 bridgehead atoms.